The zero-order valence-electron chi connectivity index (χ0n) is 10.8. The van der Waals surface area contributed by atoms with Crippen molar-refractivity contribution in [1.29, 1.82) is 0 Å². The maximum absolute atomic E-state index is 11.8. The second-order valence-electron chi connectivity index (χ2n) is 4.62. The number of anilines is 1. The predicted molar refractivity (Wildman–Crippen MR) is 73.3 cm³/mol. The van der Waals surface area contributed by atoms with Gasteiger partial charge in [0.25, 0.3) is 0 Å². The second-order valence-corrected chi connectivity index (χ2v) is 5.49. The van der Waals surface area contributed by atoms with Gasteiger partial charge in [0, 0.05) is 30.7 Å². The summed E-state index contributed by atoms with van der Waals surface area (Å²) in [5.41, 5.74) is 0. The monoisotopic (exact) mass is 293 g/mol. The number of carbonyl (C=O) groups is 1. The van der Waals surface area contributed by atoms with Gasteiger partial charge in [0.05, 0.1) is 0 Å². The van der Waals surface area contributed by atoms with Gasteiger partial charge in [0.2, 0.25) is 5.91 Å². The average Bonchev–Trinajstić information content (AvgIpc) is 3.18. The fourth-order valence-corrected chi connectivity index (χ4v) is 3.09. The highest BCUT2D eigenvalue weighted by atomic mass is 32.1. The summed E-state index contributed by atoms with van der Waals surface area (Å²) in [4.78, 5) is 18.4. The molecule has 2 aromatic rings. The third kappa shape index (κ3) is 2.93. The summed E-state index contributed by atoms with van der Waals surface area (Å²) in [5.74, 6) is -0.0803. The summed E-state index contributed by atoms with van der Waals surface area (Å²) in [7, 11) is 0. The van der Waals surface area contributed by atoms with E-state index < -0.39 is 0 Å². The average molecular weight is 293 g/mol. The Morgan fingerprint density at radius 2 is 2.50 bits per heavy atom. The molecule has 1 aliphatic heterocycles. The van der Waals surface area contributed by atoms with Crippen LogP contribution in [-0.4, -0.2) is 50.2 Å². The van der Waals surface area contributed by atoms with Crippen molar-refractivity contribution >= 4 is 22.4 Å². The molecule has 3 rings (SSSR count). The van der Waals surface area contributed by atoms with Gasteiger partial charge in [-0.3, -0.25) is 4.79 Å². The number of nitrogens with one attached hydrogen (secondary N) is 1. The number of hydrogen-bond acceptors (Lipinski definition) is 7. The van der Waals surface area contributed by atoms with Crippen molar-refractivity contribution in [2.45, 2.75) is 25.4 Å². The largest absolute Gasteiger partial charge is 0.352 e. The Bertz CT molecular complexity index is 541. The molecule has 3 heterocycles. The lowest BCUT2D eigenvalue weighted by molar-refractivity contribution is -0.121. The molecule has 1 fully saturated rings. The van der Waals surface area contributed by atoms with Crippen LogP contribution in [0.4, 0.5) is 5.13 Å². The molecule has 0 saturated carbocycles. The minimum atomic E-state index is -0.0803. The molecule has 0 aromatic carbocycles. The quantitative estimate of drug-likeness (QED) is 0.829. The van der Waals surface area contributed by atoms with Gasteiger partial charge < -0.3 is 10.2 Å². The predicted octanol–water partition coefficient (Wildman–Crippen LogP) is -0.0852. The van der Waals surface area contributed by atoms with Gasteiger partial charge in [0.15, 0.2) is 5.13 Å². The van der Waals surface area contributed by atoms with Crippen LogP contribution in [0.5, 0.6) is 0 Å². The Morgan fingerprint density at radius 1 is 1.55 bits per heavy atom. The topological polar surface area (TPSA) is 88.8 Å². The van der Waals surface area contributed by atoms with Crippen LogP contribution in [0.15, 0.2) is 17.9 Å². The Hall–Kier alpha value is -2.03. The van der Waals surface area contributed by atoms with Gasteiger partial charge in [0.1, 0.15) is 12.9 Å². The fourth-order valence-electron chi connectivity index (χ4n) is 2.34. The normalized spacial score (nSPS) is 18.4. The van der Waals surface area contributed by atoms with Crippen molar-refractivity contribution < 1.29 is 4.79 Å². The van der Waals surface area contributed by atoms with E-state index in [1.165, 1.54) is 11.0 Å². The summed E-state index contributed by atoms with van der Waals surface area (Å²) < 4.78 is 1.41. The van der Waals surface area contributed by atoms with E-state index in [0.29, 0.717) is 12.6 Å². The molecule has 0 radical (unpaired) electrons. The highest BCUT2D eigenvalue weighted by Crippen LogP contribution is 2.26. The third-order valence-corrected chi connectivity index (χ3v) is 4.08. The first-order valence-electron chi connectivity index (χ1n) is 6.46. The van der Waals surface area contributed by atoms with Crippen molar-refractivity contribution in [3.8, 4) is 0 Å². The molecule has 0 aliphatic carbocycles. The van der Waals surface area contributed by atoms with E-state index in [9.17, 15) is 4.79 Å². The van der Waals surface area contributed by atoms with Gasteiger partial charge in [-0.05, 0) is 23.3 Å². The number of nitrogens with zero attached hydrogens (tertiary/aromatic N) is 6. The van der Waals surface area contributed by atoms with E-state index >= 15 is 0 Å². The number of hydrogen-bond donors (Lipinski definition) is 1. The molecule has 1 saturated heterocycles. The third-order valence-electron chi connectivity index (χ3n) is 3.27. The van der Waals surface area contributed by atoms with E-state index in [4.69, 9.17) is 0 Å². The summed E-state index contributed by atoms with van der Waals surface area (Å²) in [6, 6.07) is 0.318. The highest BCUT2D eigenvalue weighted by molar-refractivity contribution is 7.13. The lowest BCUT2D eigenvalue weighted by Gasteiger charge is -2.24. The molecule has 1 atom stereocenters. The van der Waals surface area contributed by atoms with Crippen LogP contribution in [0.2, 0.25) is 0 Å². The summed E-state index contributed by atoms with van der Waals surface area (Å²) in [5, 5.41) is 16.6. The summed E-state index contributed by atoms with van der Waals surface area (Å²) in [6.45, 7) is 1.78. The highest BCUT2D eigenvalue weighted by Gasteiger charge is 2.26. The standard InChI is InChI=1S/C11H15N7OS/c19-10(7-17-8-14-15-16-17)13-6-9-2-1-4-18(9)11-12-3-5-20-11/h3,5,8-9H,1-2,4,6-7H2,(H,13,19). The van der Waals surface area contributed by atoms with Gasteiger partial charge in [-0.25, -0.2) is 9.67 Å². The van der Waals surface area contributed by atoms with Gasteiger partial charge in [-0.1, -0.05) is 0 Å². The van der Waals surface area contributed by atoms with Crippen LogP contribution in [-0.2, 0) is 11.3 Å². The van der Waals surface area contributed by atoms with Crippen molar-refractivity contribution in [1.82, 2.24) is 30.5 Å². The van der Waals surface area contributed by atoms with Crippen molar-refractivity contribution in [2.75, 3.05) is 18.0 Å². The zero-order chi connectivity index (χ0) is 13.8. The van der Waals surface area contributed by atoms with Gasteiger partial charge in [-0.2, -0.15) is 0 Å². The number of thiazole rings is 1. The first-order valence-corrected chi connectivity index (χ1v) is 7.34. The van der Waals surface area contributed by atoms with Crippen LogP contribution in [0.1, 0.15) is 12.8 Å². The van der Waals surface area contributed by atoms with Crippen LogP contribution in [0, 0.1) is 0 Å². The minimum Gasteiger partial charge on any atom is -0.352 e. The van der Waals surface area contributed by atoms with E-state index in [2.05, 4.69) is 30.7 Å². The number of amides is 1. The number of aromatic nitrogens is 5. The molecule has 0 spiro atoms. The number of carbonyl (C=O) groups excluding carboxylic acids is 1. The smallest absolute Gasteiger partial charge is 0.241 e. The molecule has 20 heavy (non-hydrogen) atoms. The summed E-state index contributed by atoms with van der Waals surface area (Å²) in [6.07, 6.45) is 5.44. The van der Waals surface area contributed by atoms with E-state index in [-0.39, 0.29) is 12.5 Å². The maximum Gasteiger partial charge on any atom is 0.241 e. The van der Waals surface area contributed by atoms with E-state index in [1.807, 2.05) is 11.6 Å². The molecular weight excluding hydrogens is 278 g/mol. The van der Waals surface area contributed by atoms with Crippen LogP contribution in [0.3, 0.4) is 0 Å². The first kappa shape index (κ1) is 13.0. The van der Waals surface area contributed by atoms with Crippen LogP contribution >= 0.6 is 11.3 Å². The SMILES string of the molecule is O=C(Cn1cnnn1)NCC1CCCN1c1nccs1. The van der Waals surface area contributed by atoms with E-state index in [1.54, 1.807) is 11.3 Å². The Labute approximate surface area is 119 Å². The second kappa shape index (κ2) is 5.95. The van der Waals surface area contributed by atoms with E-state index in [0.717, 1.165) is 24.5 Å². The first-order chi connectivity index (χ1) is 9.83. The minimum absolute atomic E-state index is 0.0803. The molecule has 2 aromatic heterocycles. The molecule has 1 amide bonds. The van der Waals surface area contributed by atoms with Crippen molar-refractivity contribution in [2.24, 2.45) is 0 Å². The van der Waals surface area contributed by atoms with Gasteiger partial charge in [-0.15, -0.1) is 16.4 Å². The lowest BCUT2D eigenvalue weighted by Crippen LogP contribution is -2.41. The van der Waals surface area contributed by atoms with Crippen molar-refractivity contribution in [3.05, 3.63) is 17.9 Å². The Morgan fingerprint density at radius 3 is 3.25 bits per heavy atom. The molecule has 0 bridgehead atoms. The maximum atomic E-state index is 11.8. The zero-order valence-corrected chi connectivity index (χ0v) is 11.7. The number of tetrazole rings is 1. The summed E-state index contributed by atoms with van der Waals surface area (Å²) >= 11 is 1.63. The molecule has 1 N–H and O–H groups in total. The molecular formula is C11H15N7OS. The molecule has 8 nitrogen and oxygen atoms in total. The van der Waals surface area contributed by atoms with Crippen LogP contribution in [0.25, 0.3) is 0 Å². The van der Waals surface area contributed by atoms with Gasteiger partial charge >= 0.3 is 0 Å². The molecule has 1 unspecified atom stereocenters. The lowest BCUT2D eigenvalue weighted by atomic mass is 10.2. The number of rotatable bonds is 5. The Kier molecular flexibility index (Phi) is 3.86. The van der Waals surface area contributed by atoms with Crippen LogP contribution < -0.4 is 10.2 Å². The Balaban J connectivity index is 1.51. The molecule has 106 valence electrons. The molecule has 9 heteroatoms. The fraction of sp³-hybridized carbons (Fsp3) is 0.545. The molecule has 1 aliphatic rings. The van der Waals surface area contributed by atoms with Crippen molar-refractivity contribution in [3.63, 3.8) is 0 Å².